The first-order valence-electron chi connectivity index (χ1n) is 4.86. The first-order chi connectivity index (χ1) is 7.08. The summed E-state index contributed by atoms with van der Waals surface area (Å²) < 4.78 is 18.2. The van der Waals surface area contributed by atoms with Crippen molar-refractivity contribution >= 4 is 11.6 Å². The zero-order valence-electron chi connectivity index (χ0n) is 8.89. The molecule has 0 radical (unpaired) electrons. The van der Waals surface area contributed by atoms with Crippen molar-refractivity contribution < 1.29 is 9.13 Å². The molecule has 0 aliphatic rings. The van der Waals surface area contributed by atoms with E-state index >= 15 is 0 Å². The lowest BCUT2D eigenvalue weighted by Gasteiger charge is -2.11. The average molecular weight is 232 g/mol. The lowest BCUT2D eigenvalue weighted by molar-refractivity contribution is 0.386. The van der Waals surface area contributed by atoms with Gasteiger partial charge in [0, 0.05) is 6.04 Å². The van der Waals surface area contributed by atoms with Gasteiger partial charge in [0.2, 0.25) is 0 Å². The lowest BCUT2D eigenvalue weighted by Crippen LogP contribution is -2.21. The lowest BCUT2D eigenvalue weighted by atomic mass is 10.0. The van der Waals surface area contributed by atoms with Crippen molar-refractivity contribution in [3.8, 4) is 5.75 Å². The molecule has 0 heterocycles. The summed E-state index contributed by atoms with van der Waals surface area (Å²) in [5.41, 5.74) is 6.58. The number of halogens is 2. The van der Waals surface area contributed by atoms with Crippen LogP contribution in [0.1, 0.15) is 18.9 Å². The highest BCUT2D eigenvalue weighted by Crippen LogP contribution is 2.29. The van der Waals surface area contributed by atoms with Crippen molar-refractivity contribution in [2.24, 2.45) is 5.73 Å². The van der Waals surface area contributed by atoms with Gasteiger partial charge >= 0.3 is 0 Å². The van der Waals surface area contributed by atoms with E-state index in [-0.39, 0.29) is 16.8 Å². The number of ether oxygens (including phenoxy) is 1. The van der Waals surface area contributed by atoms with Crippen LogP contribution in [0.3, 0.4) is 0 Å². The van der Waals surface area contributed by atoms with Crippen LogP contribution in [0.4, 0.5) is 4.39 Å². The number of hydrogen-bond donors (Lipinski definition) is 1. The van der Waals surface area contributed by atoms with Crippen molar-refractivity contribution in [1.82, 2.24) is 0 Å². The van der Waals surface area contributed by atoms with Crippen molar-refractivity contribution in [3.63, 3.8) is 0 Å². The predicted octanol–water partition coefficient (Wildman–Crippen LogP) is 2.77. The fourth-order valence-electron chi connectivity index (χ4n) is 1.37. The van der Waals surface area contributed by atoms with Gasteiger partial charge in [-0.3, -0.25) is 0 Å². The van der Waals surface area contributed by atoms with E-state index in [1.807, 2.05) is 6.92 Å². The minimum Gasteiger partial charge on any atom is -0.492 e. The van der Waals surface area contributed by atoms with E-state index in [0.717, 1.165) is 12.0 Å². The van der Waals surface area contributed by atoms with Gasteiger partial charge < -0.3 is 10.5 Å². The van der Waals surface area contributed by atoms with E-state index in [2.05, 4.69) is 0 Å². The Labute approximate surface area is 94.2 Å². The van der Waals surface area contributed by atoms with Crippen LogP contribution in [0.2, 0.25) is 5.02 Å². The van der Waals surface area contributed by atoms with Gasteiger partial charge in [0.25, 0.3) is 0 Å². The molecule has 0 bridgehead atoms. The highest BCUT2D eigenvalue weighted by atomic mass is 35.5. The van der Waals surface area contributed by atoms with Gasteiger partial charge in [-0.15, -0.1) is 0 Å². The van der Waals surface area contributed by atoms with Gasteiger partial charge in [-0.1, -0.05) is 18.5 Å². The highest BCUT2D eigenvalue weighted by molar-refractivity contribution is 6.32. The molecule has 4 heteroatoms. The number of benzene rings is 1. The van der Waals surface area contributed by atoms with Crippen molar-refractivity contribution in [3.05, 3.63) is 28.5 Å². The van der Waals surface area contributed by atoms with Crippen LogP contribution in [0.5, 0.6) is 5.75 Å². The third-order valence-corrected chi connectivity index (χ3v) is 2.57. The van der Waals surface area contributed by atoms with Gasteiger partial charge in [-0.05, 0) is 30.5 Å². The molecular weight excluding hydrogens is 217 g/mol. The Morgan fingerprint density at radius 3 is 2.67 bits per heavy atom. The Bertz CT molecular complexity index is 320. The Hall–Kier alpha value is -0.800. The Kier molecular flexibility index (Phi) is 4.36. The van der Waals surface area contributed by atoms with Gasteiger partial charge in [0.15, 0.2) is 11.6 Å². The zero-order valence-corrected chi connectivity index (χ0v) is 9.64. The molecule has 2 N–H and O–H groups in total. The van der Waals surface area contributed by atoms with Gasteiger partial charge in [-0.2, -0.15) is 0 Å². The molecule has 0 aliphatic heterocycles. The Morgan fingerprint density at radius 1 is 1.53 bits per heavy atom. The van der Waals surface area contributed by atoms with E-state index in [4.69, 9.17) is 22.1 Å². The first kappa shape index (κ1) is 12.3. The largest absolute Gasteiger partial charge is 0.492 e. The monoisotopic (exact) mass is 231 g/mol. The molecule has 1 rings (SSSR count). The second kappa shape index (κ2) is 5.33. The average Bonchev–Trinajstić information content (AvgIpc) is 2.17. The minimum atomic E-state index is -0.441. The maximum atomic E-state index is 13.4. The number of hydrogen-bond acceptors (Lipinski definition) is 2. The molecule has 1 atom stereocenters. The molecule has 0 fully saturated rings. The summed E-state index contributed by atoms with van der Waals surface area (Å²) >= 11 is 5.86. The Balaban J connectivity index is 2.93. The quantitative estimate of drug-likeness (QED) is 0.865. The van der Waals surface area contributed by atoms with Crippen LogP contribution in [0.25, 0.3) is 0 Å². The van der Waals surface area contributed by atoms with Crippen molar-refractivity contribution in [2.45, 2.75) is 25.8 Å². The maximum Gasteiger partial charge on any atom is 0.173 e. The summed E-state index contributed by atoms with van der Waals surface area (Å²) in [6.07, 6.45) is 1.47. The molecule has 0 saturated heterocycles. The van der Waals surface area contributed by atoms with E-state index in [1.54, 1.807) is 6.07 Å². The van der Waals surface area contributed by atoms with Gasteiger partial charge in [0.05, 0.1) is 12.1 Å². The van der Waals surface area contributed by atoms with Gasteiger partial charge in [0.1, 0.15) is 0 Å². The molecule has 0 spiro atoms. The Morgan fingerprint density at radius 2 is 2.20 bits per heavy atom. The summed E-state index contributed by atoms with van der Waals surface area (Å²) in [6.45, 7) is 1.99. The molecule has 15 heavy (non-hydrogen) atoms. The molecule has 2 nitrogen and oxygen atoms in total. The van der Waals surface area contributed by atoms with Crippen molar-refractivity contribution in [1.29, 1.82) is 0 Å². The van der Waals surface area contributed by atoms with Crippen LogP contribution in [-0.4, -0.2) is 13.2 Å². The van der Waals surface area contributed by atoms with Crippen LogP contribution < -0.4 is 10.5 Å². The van der Waals surface area contributed by atoms with E-state index in [0.29, 0.717) is 6.42 Å². The number of rotatable bonds is 4. The van der Waals surface area contributed by atoms with Crippen molar-refractivity contribution in [2.75, 3.05) is 7.11 Å². The second-order valence-electron chi connectivity index (χ2n) is 3.47. The number of nitrogens with two attached hydrogens (primary N) is 1. The molecule has 0 aromatic heterocycles. The summed E-state index contributed by atoms with van der Waals surface area (Å²) in [7, 11) is 1.39. The maximum absolute atomic E-state index is 13.4. The SMILES string of the molecule is CCC(N)Cc1cc(F)c(OC)c(Cl)c1. The third kappa shape index (κ3) is 3.08. The number of methoxy groups -OCH3 is 1. The highest BCUT2D eigenvalue weighted by Gasteiger charge is 2.11. The van der Waals surface area contributed by atoms with Crippen LogP contribution in [0, 0.1) is 5.82 Å². The molecule has 84 valence electrons. The molecule has 1 aromatic rings. The molecule has 0 aliphatic carbocycles. The van der Waals surface area contributed by atoms with Gasteiger partial charge in [-0.25, -0.2) is 4.39 Å². The minimum absolute atomic E-state index is 0.0360. The summed E-state index contributed by atoms with van der Waals surface area (Å²) in [4.78, 5) is 0. The van der Waals surface area contributed by atoms with E-state index in [1.165, 1.54) is 13.2 Å². The summed E-state index contributed by atoms with van der Waals surface area (Å²) in [6, 6.07) is 3.15. The molecule has 1 aromatic carbocycles. The molecule has 0 saturated carbocycles. The molecular formula is C11H15ClFNO. The predicted molar refractivity (Wildman–Crippen MR) is 59.9 cm³/mol. The van der Waals surface area contributed by atoms with E-state index < -0.39 is 5.82 Å². The zero-order chi connectivity index (χ0) is 11.4. The summed E-state index contributed by atoms with van der Waals surface area (Å²) in [5.74, 6) is -0.353. The molecule has 1 unspecified atom stereocenters. The van der Waals surface area contributed by atoms with Crippen LogP contribution in [0.15, 0.2) is 12.1 Å². The van der Waals surface area contributed by atoms with Crippen LogP contribution in [-0.2, 0) is 6.42 Å². The fourth-order valence-corrected chi connectivity index (χ4v) is 1.68. The molecule has 0 amide bonds. The second-order valence-corrected chi connectivity index (χ2v) is 3.87. The normalized spacial score (nSPS) is 12.6. The van der Waals surface area contributed by atoms with Crippen LogP contribution >= 0.6 is 11.6 Å². The fraction of sp³-hybridized carbons (Fsp3) is 0.455. The third-order valence-electron chi connectivity index (χ3n) is 2.28. The summed E-state index contributed by atoms with van der Waals surface area (Å²) in [5, 5.41) is 0.288. The topological polar surface area (TPSA) is 35.2 Å². The smallest absolute Gasteiger partial charge is 0.173 e. The standard InChI is InChI=1S/C11H15ClFNO/c1-3-8(14)4-7-5-9(12)11(15-2)10(13)6-7/h5-6,8H,3-4,14H2,1-2H3. The van der Waals surface area contributed by atoms with E-state index in [9.17, 15) is 4.39 Å². The first-order valence-corrected chi connectivity index (χ1v) is 5.23.